The molecule has 0 aliphatic heterocycles. The molecule has 78 valence electrons. The highest BCUT2D eigenvalue weighted by Gasteiger charge is 2.07. The molecular weight excluding hydrogens is 251 g/mol. The van der Waals surface area contributed by atoms with Gasteiger partial charge in [-0.25, -0.2) is 4.98 Å². The van der Waals surface area contributed by atoms with Gasteiger partial charge in [-0.05, 0) is 18.2 Å². The molecule has 0 spiro atoms. The summed E-state index contributed by atoms with van der Waals surface area (Å²) in [4.78, 5) is 5.16. The Morgan fingerprint density at radius 1 is 1.33 bits per heavy atom. The van der Waals surface area contributed by atoms with E-state index < -0.39 is 0 Å². The molecule has 0 unspecified atom stereocenters. The first-order valence-electron chi connectivity index (χ1n) is 4.31. The maximum Gasteiger partial charge on any atom is 0.107 e. The molecule has 1 heterocycles. The van der Waals surface area contributed by atoms with Crippen LogP contribution in [0.3, 0.4) is 0 Å². The molecule has 0 aliphatic rings. The summed E-state index contributed by atoms with van der Waals surface area (Å²) in [6.07, 6.45) is 1.77. The molecule has 0 saturated heterocycles. The summed E-state index contributed by atoms with van der Waals surface area (Å²) in [5.41, 5.74) is 6.40. The lowest BCUT2D eigenvalue weighted by Gasteiger charge is -2.00. The fourth-order valence-corrected chi connectivity index (χ4v) is 2.49. The summed E-state index contributed by atoms with van der Waals surface area (Å²) in [6.45, 7) is 0.447. The molecular formula is C10H8Cl2N2S. The van der Waals surface area contributed by atoms with Crippen LogP contribution in [0.5, 0.6) is 0 Å². The average Bonchev–Trinajstić information content (AvgIpc) is 2.70. The van der Waals surface area contributed by atoms with Gasteiger partial charge in [0.15, 0.2) is 0 Å². The van der Waals surface area contributed by atoms with Crippen molar-refractivity contribution in [2.45, 2.75) is 6.54 Å². The Morgan fingerprint density at radius 3 is 2.80 bits per heavy atom. The van der Waals surface area contributed by atoms with Crippen LogP contribution in [-0.4, -0.2) is 4.98 Å². The van der Waals surface area contributed by atoms with Crippen molar-refractivity contribution in [1.29, 1.82) is 0 Å². The number of rotatable bonds is 2. The molecule has 0 aliphatic carbocycles. The first-order chi connectivity index (χ1) is 7.20. The summed E-state index contributed by atoms with van der Waals surface area (Å²) in [5, 5.41) is 2.23. The minimum atomic E-state index is 0.447. The van der Waals surface area contributed by atoms with Gasteiger partial charge in [-0.1, -0.05) is 23.2 Å². The Labute approximate surface area is 102 Å². The average molecular weight is 259 g/mol. The van der Waals surface area contributed by atoms with Crippen molar-refractivity contribution >= 4 is 34.5 Å². The largest absolute Gasteiger partial charge is 0.325 e. The number of aromatic nitrogens is 1. The van der Waals surface area contributed by atoms with Gasteiger partial charge < -0.3 is 5.73 Å². The van der Waals surface area contributed by atoms with Gasteiger partial charge in [0.2, 0.25) is 0 Å². The molecule has 0 fully saturated rings. The topological polar surface area (TPSA) is 38.9 Å². The van der Waals surface area contributed by atoms with Gasteiger partial charge in [-0.15, -0.1) is 11.3 Å². The van der Waals surface area contributed by atoms with E-state index in [2.05, 4.69) is 4.98 Å². The quantitative estimate of drug-likeness (QED) is 0.895. The van der Waals surface area contributed by atoms with Crippen molar-refractivity contribution in [2.24, 2.45) is 5.73 Å². The van der Waals surface area contributed by atoms with Crippen molar-refractivity contribution in [3.8, 4) is 10.4 Å². The van der Waals surface area contributed by atoms with Crippen molar-refractivity contribution in [3.63, 3.8) is 0 Å². The van der Waals surface area contributed by atoms with Gasteiger partial charge in [0, 0.05) is 28.4 Å². The van der Waals surface area contributed by atoms with Gasteiger partial charge in [0.25, 0.3) is 0 Å². The Hall–Kier alpha value is -0.610. The van der Waals surface area contributed by atoms with E-state index in [0.29, 0.717) is 16.6 Å². The normalized spacial score (nSPS) is 10.6. The molecule has 0 saturated carbocycles. The number of thiazole rings is 1. The Kier molecular flexibility index (Phi) is 3.26. The molecule has 0 bridgehead atoms. The summed E-state index contributed by atoms with van der Waals surface area (Å²) < 4.78 is 0. The van der Waals surface area contributed by atoms with E-state index in [0.717, 1.165) is 15.4 Å². The summed E-state index contributed by atoms with van der Waals surface area (Å²) >= 11 is 13.5. The van der Waals surface area contributed by atoms with E-state index in [1.165, 1.54) is 11.3 Å². The smallest absolute Gasteiger partial charge is 0.107 e. The standard InChI is InChI=1S/C10H8Cl2N2S/c11-6-1-2-8(12)7(3-6)9-5-14-10(4-13)15-9/h1-3,5H,4,13H2. The van der Waals surface area contributed by atoms with Crippen LogP contribution in [0.1, 0.15) is 5.01 Å². The van der Waals surface area contributed by atoms with Gasteiger partial charge >= 0.3 is 0 Å². The number of halogens is 2. The van der Waals surface area contributed by atoms with Gasteiger partial charge in [0.05, 0.1) is 4.88 Å². The Bertz CT molecular complexity index is 482. The minimum absolute atomic E-state index is 0.447. The van der Waals surface area contributed by atoms with Crippen molar-refractivity contribution in [3.05, 3.63) is 39.4 Å². The van der Waals surface area contributed by atoms with Crippen LogP contribution in [0.2, 0.25) is 10.0 Å². The lowest BCUT2D eigenvalue weighted by molar-refractivity contribution is 1.04. The zero-order valence-electron chi connectivity index (χ0n) is 7.71. The molecule has 2 nitrogen and oxygen atoms in total. The predicted molar refractivity (Wildman–Crippen MR) is 65.5 cm³/mol. The number of benzene rings is 1. The maximum atomic E-state index is 6.07. The number of hydrogen-bond donors (Lipinski definition) is 1. The number of hydrogen-bond acceptors (Lipinski definition) is 3. The zero-order chi connectivity index (χ0) is 10.8. The molecule has 2 aromatic rings. The minimum Gasteiger partial charge on any atom is -0.325 e. The number of nitrogens with two attached hydrogens (primary N) is 1. The molecule has 0 radical (unpaired) electrons. The van der Waals surface area contributed by atoms with Crippen LogP contribution in [-0.2, 0) is 6.54 Å². The van der Waals surface area contributed by atoms with Gasteiger partial charge in [-0.3, -0.25) is 0 Å². The third kappa shape index (κ3) is 2.32. The van der Waals surface area contributed by atoms with E-state index in [-0.39, 0.29) is 0 Å². The summed E-state index contributed by atoms with van der Waals surface area (Å²) in [5.74, 6) is 0. The van der Waals surface area contributed by atoms with Crippen LogP contribution in [0.4, 0.5) is 0 Å². The summed E-state index contributed by atoms with van der Waals surface area (Å²) in [7, 11) is 0. The van der Waals surface area contributed by atoms with Crippen LogP contribution in [0.25, 0.3) is 10.4 Å². The van der Waals surface area contributed by atoms with Crippen LogP contribution in [0, 0.1) is 0 Å². The second-order valence-corrected chi connectivity index (χ2v) is 4.91. The summed E-state index contributed by atoms with van der Waals surface area (Å²) in [6, 6.07) is 5.37. The van der Waals surface area contributed by atoms with E-state index in [4.69, 9.17) is 28.9 Å². The zero-order valence-corrected chi connectivity index (χ0v) is 10.0. The first kappa shape index (κ1) is 10.9. The highest BCUT2D eigenvalue weighted by Crippen LogP contribution is 2.33. The first-order valence-corrected chi connectivity index (χ1v) is 5.88. The van der Waals surface area contributed by atoms with Crippen LogP contribution in [0.15, 0.2) is 24.4 Å². The van der Waals surface area contributed by atoms with E-state index in [9.17, 15) is 0 Å². The van der Waals surface area contributed by atoms with E-state index >= 15 is 0 Å². The van der Waals surface area contributed by atoms with Crippen molar-refractivity contribution in [2.75, 3.05) is 0 Å². The third-order valence-corrected chi connectivity index (χ3v) is 3.54. The Morgan fingerprint density at radius 2 is 2.13 bits per heavy atom. The highest BCUT2D eigenvalue weighted by molar-refractivity contribution is 7.15. The van der Waals surface area contributed by atoms with Gasteiger partial charge in [-0.2, -0.15) is 0 Å². The second kappa shape index (κ2) is 4.49. The molecule has 0 amide bonds. The van der Waals surface area contributed by atoms with E-state index in [1.807, 2.05) is 6.07 Å². The lowest BCUT2D eigenvalue weighted by atomic mass is 10.2. The highest BCUT2D eigenvalue weighted by atomic mass is 35.5. The molecule has 2 rings (SSSR count). The molecule has 15 heavy (non-hydrogen) atoms. The monoisotopic (exact) mass is 258 g/mol. The van der Waals surface area contributed by atoms with Crippen LogP contribution < -0.4 is 5.73 Å². The SMILES string of the molecule is NCc1ncc(-c2cc(Cl)ccc2Cl)s1. The predicted octanol–water partition coefficient (Wildman–Crippen LogP) is 3.58. The van der Waals surface area contributed by atoms with Crippen molar-refractivity contribution < 1.29 is 0 Å². The van der Waals surface area contributed by atoms with E-state index in [1.54, 1.807) is 18.3 Å². The molecule has 5 heteroatoms. The molecule has 1 aromatic heterocycles. The lowest BCUT2D eigenvalue weighted by Crippen LogP contribution is -1.93. The fraction of sp³-hybridized carbons (Fsp3) is 0.100. The molecule has 2 N–H and O–H groups in total. The van der Waals surface area contributed by atoms with Gasteiger partial charge in [0.1, 0.15) is 5.01 Å². The number of nitrogens with zero attached hydrogens (tertiary/aromatic N) is 1. The molecule has 1 aromatic carbocycles. The van der Waals surface area contributed by atoms with Crippen molar-refractivity contribution in [1.82, 2.24) is 4.98 Å². The maximum absolute atomic E-state index is 6.07. The molecule has 0 atom stereocenters. The fourth-order valence-electron chi connectivity index (χ4n) is 1.22. The third-order valence-electron chi connectivity index (χ3n) is 1.92. The van der Waals surface area contributed by atoms with Crippen LogP contribution >= 0.6 is 34.5 Å². The Balaban J connectivity index is 2.48. The second-order valence-electron chi connectivity index (χ2n) is 2.95.